The third kappa shape index (κ3) is 4.27. The van der Waals surface area contributed by atoms with Crippen molar-refractivity contribution in [3.8, 4) is 6.07 Å². The number of aromatic nitrogens is 2. The van der Waals surface area contributed by atoms with Gasteiger partial charge in [-0.2, -0.15) is 5.26 Å². The monoisotopic (exact) mass is 477 g/mol. The van der Waals surface area contributed by atoms with E-state index in [1.807, 2.05) is 6.07 Å². The van der Waals surface area contributed by atoms with Gasteiger partial charge < -0.3 is 9.47 Å². The first-order valence-electron chi connectivity index (χ1n) is 12.4. The topological polar surface area (TPSA) is 65.2 Å². The molecule has 1 unspecified atom stereocenters. The maximum atomic E-state index is 12.8. The minimum absolute atomic E-state index is 0.0758. The predicted molar refractivity (Wildman–Crippen MR) is 144 cm³/mol. The molecule has 2 aromatic carbocycles. The number of aryl methyl sites for hydroxylation is 2. The molecule has 6 heteroatoms. The van der Waals surface area contributed by atoms with E-state index in [-0.39, 0.29) is 23.7 Å². The Bertz CT molecular complexity index is 1490. The van der Waals surface area contributed by atoms with Crippen molar-refractivity contribution in [2.75, 3.05) is 18.0 Å². The molecule has 1 fully saturated rings. The first kappa shape index (κ1) is 23.8. The van der Waals surface area contributed by atoms with E-state index in [9.17, 15) is 10.1 Å². The molecule has 2 aromatic heterocycles. The van der Waals surface area contributed by atoms with Crippen LogP contribution in [0.25, 0.3) is 11.0 Å². The van der Waals surface area contributed by atoms with E-state index in [0.29, 0.717) is 11.2 Å². The summed E-state index contributed by atoms with van der Waals surface area (Å²) >= 11 is 0. The zero-order chi connectivity index (χ0) is 25.4. The van der Waals surface area contributed by atoms with E-state index in [1.165, 1.54) is 16.7 Å². The van der Waals surface area contributed by atoms with Crippen LogP contribution in [0.15, 0.2) is 77.6 Å². The number of benzene rings is 2. The van der Waals surface area contributed by atoms with Crippen molar-refractivity contribution in [3.05, 3.63) is 106 Å². The van der Waals surface area contributed by atoms with Crippen molar-refractivity contribution in [1.29, 1.82) is 5.26 Å². The van der Waals surface area contributed by atoms with E-state index in [1.54, 1.807) is 23.7 Å². The highest BCUT2D eigenvalue weighted by Crippen LogP contribution is 2.35. The Morgan fingerprint density at radius 1 is 0.944 bits per heavy atom. The lowest BCUT2D eigenvalue weighted by Crippen LogP contribution is -2.57. The van der Waals surface area contributed by atoms with Gasteiger partial charge in [-0.05, 0) is 44.0 Å². The van der Waals surface area contributed by atoms with Crippen molar-refractivity contribution in [2.24, 2.45) is 7.05 Å². The zero-order valence-electron chi connectivity index (χ0n) is 21.2. The number of hydrogen-bond donors (Lipinski definition) is 0. The van der Waals surface area contributed by atoms with Crippen LogP contribution in [0.2, 0.25) is 0 Å². The first-order valence-corrected chi connectivity index (χ1v) is 12.4. The van der Waals surface area contributed by atoms with Crippen LogP contribution in [0.4, 0.5) is 5.69 Å². The molecule has 0 aliphatic carbocycles. The second-order valence-electron chi connectivity index (χ2n) is 9.87. The van der Waals surface area contributed by atoms with Crippen LogP contribution in [0.5, 0.6) is 0 Å². The summed E-state index contributed by atoms with van der Waals surface area (Å²) in [7, 11) is 1.75. The average Bonchev–Trinajstić information content (AvgIpc) is 2.89. The molecule has 0 amide bonds. The molecular formula is C30H31N5O. The molecule has 3 heterocycles. The Morgan fingerprint density at radius 2 is 1.64 bits per heavy atom. The third-order valence-electron chi connectivity index (χ3n) is 7.37. The molecule has 1 aliphatic rings. The largest absolute Gasteiger partial charge is 0.364 e. The molecule has 0 radical (unpaired) electrons. The molecule has 6 nitrogen and oxygen atoms in total. The third-order valence-corrected chi connectivity index (χ3v) is 7.37. The standard InChI is InChI=1S/C30H31N5O/c1-20-10-12-24(13-11-20)30(23-8-6-5-7-9-23)35-19-21(2)34(18-22(35)3)27-16-28(36)33(4)26-15-14-25(17-31)32-29(26)27/h5-16,21-22,30H,18-19H2,1-4H3/t21-,22+,30?/m0/s1. The first-order chi connectivity index (χ1) is 17.4. The lowest BCUT2D eigenvalue weighted by Gasteiger charge is -2.48. The number of piperazine rings is 1. The summed E-state index contributed by atoms with van der Waals surface area (Å²) in [6, 6.07) is 27.3. The number of fused-ring (bicyclic) bond motifs is 1. The van der Waals surface area contributed by atoms with Gasteiger partial charge in [0.25, 0.3) is 5.56 Å². The Kier molecular flexibility index (Phi) is 6.34. The lowest BCUT2D eigenvalue weighted by molar-refractivity contribution is 0.130. The van der Waals surface area contributed by atoms with Crippen molar-refractivity contribution in [1.82, 2.24) is 14.5 Å². The van der Waals surface area contributed by atoms with Crippen LogP contribution in [0, 0.1) is 18.3 Å². The van der Waals surface area contributed by atoms with E-state index >= 15 is 0 Å². The van der Waals surface area contributed by atoms with Crippen LogP contribution in [-0.4, -0.2) is 39.6 Å². The van der Waals surface area contributed by atoms with Crippen LogP contribution in [0.3, 0.4) is 0 Å². The smallest absolute Gasteiger partial charge is 0.252 e. The van der Waals surface area contributed by atoms with Gasteiger partial charge >= 0.3 is 0 Å². The lowest BCUT2D eigenvalue weighted by atomic mass is 9.93. The Hall–Kier alpha value is -3.95. The van der Waals surface area contributed by atoms with E-state index in [0.717, 1.165) is 24.3 Å². The Labute approximate surface area is 212 Å². The summed E-state index contributed by atoms with van der Waals surface area (Å²) in [4.78, 5) is 22.3. The van der Waals surface area contributed by atoms with Gasteiger partial charge in [0, 0.05) is 38.3 Å². The average molecular weight is 478 g/mol. The normalized spacial score (nSPS) is 19.2. The highest BCUT2D eigenvalue weighted by atomic mass is 16.1. The minimum Gasteiger partial charge on any atom is -0.364 e. The molecule has 0 spiro atoms. The van der Waals surface area contributed by atoms with Gasteiger partial charge in [0.2, 0.25) is 0 Å². The predicted octanol–water partition coefficient (Wildman–Crippen LogP) is 4.80. The Balaban J connectivity index is 1.55. The molecule has 182 valence electrons. The van der Waals surface area contributed by atoms with Crippen LogP contribution in [0.1, 0.15) is 42.3 Å². The second-order valence-corrected chi connectivity index (χ2v) is 9.87. The number of rotatable bonds is 4. The van der Waals surface area contributed by atoms with Crippen molar-refractivity contribution < 1.29 is 0 Å². The molecule has 0 N–H and O–H groups in total. The minimum atomic E-state index is -0.0758. The van der Waals surface area contributed by atoms with E-state index in [4.69, 9.17) is 0 Å². The number of hydrogen-bond acceptors (Lipinski definition) is 5. The van der Waals surface area contributed by atoms with E-state index < -0.39 is 0 Å². The fourth-order valence-corrected chi connectivity index (χ4v) is 5.40. The molecule has 0 bridgehead atoms. The fourth-order valence-electron chi connectivity index (χ4n) is 5.40. The number of pyridine rings is 2. The number of nitriles is 1. The van der Waals surface area contributed by atoms with Crippen LogP contribution >= 0.6 is 0 Å². The molecular weight excluding hydrogens is 446 g/mol. The summed E-state index contributed by atoms with van der Waals surface area (Å²) in [5, 5.41) is 9.44. The molecule has 0 saturated carbocycles. The molecule has 1 saturated heterocycles. The van der Waals surface area contributed by atoms with Crippen molar-refractivity contribution in [2.45, 2.75) is 38.9 Å². The summed E-state index contributed by atoms with van der Waals surface area (Å²) < 4.78 is 1.60. The van der Waals surface area contributed by atoms with Gasteiger partial charge in [-0.3, -0.25) is 9.69 Å². The molecule has 5 rings (SSSR count). The Morgan fingerprint density at radius 3 is 2.33 bits per heavy atom. The van der Waals surface area contributed by atoms with E-state index in [2.05, 4.69) is 96.2 Å². The van der Waals surface area contributed by atoms with Gasteiger partial charge in [-0.15, -0.1) is 0 Å². The maximum absolute atomic E-state index is 12.8. The summed E-state index contributed by atoms with van der Waals surface area (Å²) in [5.41, 5.74) is 6.31. The van der Waals surface area contributed by atoms with Crippen molar-refractivity contribution >= 4 is 16.7 Å². The molecule has 3 atom stereocenters. The van der Waals surface area contributed by atoms with Gasteiger partial charge in [0.15, 0.2) is 0 Å². The molecule has 4 aromatic rings. The highest BCUT2D eigenvalue weighted by molar-refractivity contribution is 5.89. The van der Waals surface area contributed by atoms with Gasteiger partial charge in [-0.1, -0.05) is 60.2 Å². The number of nitrogens with zero attached hydrogens (tertiary/aromatic N) is 5. The summed E-state index contributed by atoms with van der Waals surface area (Å²) in [5.74, 6) is 0. The van der Waals surface area contributed by atoms with Crippen LogP contribution < -0.4 is 10.5 Å². The van der Waals surface area contributed by atoms with Crippen molar-refractivity contribution in [3.63, 3.8) is 0 Å². The number of anilines is 1. The summed E-state index contributed by atoms with van der Waals surface area (Å²) in [6.45, 7) is 8.14. The molecule has 1 aliphatic heterocycles. The van der Waals surface area contributed by atoms with Crippen LogP contribution in [-0.2, 0) is 7.05 Å². The zero-order valence-corrected chi connectivity index (χ0v) is 21.2. The SMILES string of the molecule is Cc1ccc(C(c2ccccc2)N2C[C@H](C)N(c3cc(=O)n(C)c4ccc(C#N)nc34)C[C@H]2C)cc1. The highest BCUT2D eigenvalue weighted by Gasteiger charge is 2.35. The molecule has 36 heavy (non-hydrogen) atoms. The maximum Gasteiger partial charge on any atom is 0.252 e. The second kappa shape index (κ2) is 9.60. The van der Waals surface area contributed by atoms with Gasteiger partial charge in [0.05, 0.1) is 17.2 Å². The van der Waals surface area contributed by atoms with Gasteiger partial charge in [-0.25, -0.2) is 4.98 Å². The quantitative estimate of drug-likeness (QED) is 0.422. The fraction of sp³-hybridized carbons (Fsp3) is 0.300. The van der Waals surface area contributed by atoms with Gasteiger partial charge in [0.1, 0.15) is 17.3 Å². The summed E-state index contributed by atoms with van der Waals surface area (Å²) in [6.07, 6.45) is 0.